The Bertz CT molecular complexity index is 340. The molecule has 0 aromatic heterocycles. The summed E-state index contributed by atoms with van der Waals surface area (Å²) in [4.78, 5) is 10.9. The van der Waals surface area contributed by atoms with Crippen LogP contribution < -0.4 is 9.61 Å². The number of nitrogens with one attached hydrogen (secondary N) is 1. The fourth-order valence-electron chi connectivity index (χ4n) is 1.04. The molecule has 4 nitrogen and oxygen atoms in total. The van der Waals surface area contributed by atoms with Crippen LogP contribution in [0.2, 0.25) is 0 Å². The standard InChI is InChI=1S/C11H16NO3P/c1-9-4-6-10(7-5-9)15-16(3)12-8-11(13)14-2/h4-7,12H,8H2,1-3H3. The minimum absolute atomic E-state index is 0.171. The molecule has 0 aliphatic carbocycles. The van der Waals surface area contributed by atoms with Gasteiger partial charge in [0.05, 0.1) is 7.11 Å². The molecule has 0 saturated carbocycles. The van der Waals surface area contributed by atoms with Gasteiger partial charge in [-0.15, -0.1) is 0 Å². The number of carbonyl (C=O) groups excluding carboxylic acids is 1. The van der Waals surface area contributed by atoms with E-state index in [9.17, 15) is 4.79 Å². The van der Waals surface area contributed by atoms with Crippen LogP contribution in [-0.2, 0) is 9.53 Å². The van der Waals surface area contributed by atoms with Crippen molar-refractivity contribution in [3.63, 3.8) is 0 Å². The lowest BCUT2D eigenvalue weighted by Crippen LogP contribution is -2.20. The number of esters is 1. The summed E-state index contributed by atoms with van der Waals surface area (Å²) in [6, 6.07) is 7.79. The molecule has 0 radical (unpaired) electrons. The molecule has 1 atom stereocenters. The molecule has 1 aromatic carbocycles. The Morgan fingerprint density at radius 1 is 1.38 bits per heavy atom. The highest BCUT2D eigenvalue weighted by Gasteiger charge is 2.06. The summed E-state index contributed by atoms with van der Waals surface area (Å²) in [5.41, 5.74) is 1.19. The van der Waals surface area contributed by atoms with Gasteiger partial charge in [0, 0.05) is 6.66 Å². The third-order valence-electron chi connectivity index (χ3n) is 1.94. The van der Waals surface area contributed by atoms with Gasteiger partial charge in [0.25, 0.3) is 0 Å². The molecule has 16 heavy (non-hydrogen) atoms. The highest BCUT2D eigenvalue weighted by Crippen LogP contribution is 2.29. The van der Waals surface area contributed by atoms with Gasteiger partial charge in [0.1, 0.15) is 12.3 Å². The predicted molar refractivity (Wildman–Crippen MR) is 64.7 cm³/mol. The Kier molecular flexibility index (Phi) is 5.23. The fourth-order valence-corrected chi connectivity index (χ4v) is 1.89. The minimum Gasteiger partial charge on any atom is -0.468 e. The van der Waals surface area contributed by atoms with Crippen LogP contribution in [0.25, 0.3) is 0 Å². The van der Waals surface area contributed by atoms with Gasteiger partial charge in [0.2, 0.25) is 0 Å². The maximum atomic E-state index is 10.9. The van der Waals surface area contributed by atoms with Gasteiger partial charge < -0.3 is 9.26 Å². The molecule has 0 aliphatic heterocycles. The number of carbonyl (C=O) groups is 1. The van der Waals surface area contributed by atoms with Crippen LogP contribution >= 0.6 is 8.30 Å². The van der Waals surface area contributed by atoms with Gasteiger partial charge in [-0.3, -0.25) is 9.88 Å². The minimum atomic E-state index is -0.856. The number of benzene rings is 1. The highest BCUT2D eigenvalue weighted by molar-refractivity contribution is 7.49. The first-order valence-electron chi connectivity index (χ1n) is 4.90. The van der Waals surface area contributed by atoms with Gasteiger partial charge in [-0.05, 0) is 19.1 Å². The third kappa shape index (κ3) is 4.60. The largest absolute Gasteiger partial charge is 0.468 e. The predicted octanol–water partition coefficient (Wildman–Crippen LogP) is 2.08. The summed E-state index contributed by atoms with van der Waals surface area (Å²) in [5, 5.41) is 2.96. The Labute approximate surface area is 96.8 Å². The molecular formula is C11H16NO3P. The molecule has 0 fully saturated rings. The van der Waals surface area contributed by atoms with Crippen molar-refractivity contribution in [1.29, 1.82) is 0 Å². The zero-order valence-electron chi connectivity index (χ0n) is 9.69. The topological polar surface area (TPSA) is 47.6 Å². The maximum Gasteiger partial charge on any atom is 0.320 e. The second-order valence-corrected chi connectivity index (χ2v) is 4.81. The second-order valence-electron chi connectivity index (χ2n) is 3.31. The van der Waals surface area contributed by atoms with Crippen LogP contribution in [0, 0.1) is 6.92 Å². The lowest BCUT2D eigenvalue weighted by molar-refractivity contribution is -0.139. The Morgan fingerprint density at radius 2 is 2.00 bits per heavy atom. The van der Waals surface area contributed by atoms with E-state index in [0.717, 1.165) is 5.75 Å². The monoisotopic (exact) mass is 241 g/mol. The van der Waals surface area contributed by atoms with Gasteiger partial charge in [-0.2, -0.15) is 0 Å². The van der Waals surface area contributed by atoms with Gasteiger partial charge in [0.15, 0.2) is 8.30 Å². The maximum absolute atomic E-state index is 10.9. The number of ether oxygens (including phenoxy) is 1. The number of rotatable bonds is 5. The quantitative estimate of drug-likeness (QED) is 0.633. The Balaban J connectivity index is 2.36. The zero-order chi connectivity index (χ0) is 12.0. The lowest BCUT2D eigenvalue weighted by atomic mass is 10.2. The fraction of sp³-hybridized carbons (Fsp3) is 0.364. The molecule has 1 unspecified atom stereocenters. The molecule has 5 heteroatoms. The molecule has 1 aromatic rings. The van der Waals surface area contributed by atoms with Crippen LogP contribution in [0.3, 0.4) is 0 Å². The van der Waals surface area contributed by atoms with E-state index < -0.39 is 8.30 Å². The lowest BCUT2D eigenvalue weighted by Gasteiger charge is -2.14. The number of methoxy groups -OCH3 is 1. The van der Waals surface area contributed by atoms with E-state index in [-0.39, 0.29) is 12.5 Å². The molecule has 0 spiro atoms. The average Bonchev–Trinajstić information content (AvgIpc) is 2.29. The molecule has 1 N–H and O–H groups in total. The van der Waals surface area contributed by atoms with Crippen LogP contribution in [0.15, 0.2) is 24.3 Å². The summed E-state index contributed by atoms with van der Waals surface area (Å²) in [6.07, 6.45) is 0. The van der Waals surface area contributed by atoms with Crippen molar-refractivity contribution in [2.24, 2.45) is 0 Å². The van der Waals surface area contributed by atoms with E-state index in [0.29, 0.717) is 0 Å². The van der Waals surface area contributed by atoms with E-state index in [1.807, 2.05) is 37.9 Å². The molecule has 0 saturated heterocycles. The van der Waals surface area contributed by atoms with E-state index in [2.05, 4.69) is 9.82 Å². The van der Waals surface area contributed by atoms with Gasteiger partial charge in [-0.25, -0.2) is 0 Å². The molecule has 0 aliphatic rings. The van der Waals surface area contributed by atoms with Crippen molar-refractivity contribution in [3.8, 4) is 5.75 Å². The molecular weight excluding hydrogens is 225 g/mol. The van der Waals surface area contributed by atoms with Crippen molar-refractivity contribution in [2.75, 3.05) is 20.3 Å². The number of hydrogen-bond acceptors (Lipinski definition) is 4. The van der Waals surface area contributed by atoms with E-state index in [4.69, 9.17) is 4.52 Å². The molecule has 0 heterocycles. The van der Waals surface area contributed by atoms with Crippen LogP contribution in [-0.4, -0.2) is 26.3 Å². The zero-order valence-corrected chi connectivity index (χ0v) is 10.6. The van der Waals surface area contributed by atoms with Crippen LogP contribution in [0.5, 0.6) is 5.75 Å². The number of aryl methyl sites for hydroxylation is 1. The molecule has 88 valence electrons. The summed E-state index contributed by atoms with van der Waals surface area (Å²) < 4.78 is 10.1. The van der Waals surface area contributed by atoms with Crippen molar-refractivity contribution in [1.82, 2.24) is 5.09 Å². The van der Waals surface area contributed by atoms with E-state index in [1.54, 1.807) is 0 Å². The normalized spacial score (nSPS) is 11.9. The van der Waals surface area contributed by atoms with Crippen molar-refractivity contribution >= 4 is 14.3 Å². The smallest absolute Gasteiger partial charge is 0.320 e. The average molecular weight is 241 g/mol. The highest BCUT2D eigenvalue weighted by atomic mass is 31.2. The molecule has 1 rings (SSSR count). The molecule has 0 bridgehead atoms. The summed E-state index contributed by atoms with van der Waals surface area (Å²) in [5.74, 6) is 0.512. The van der Waals surface area contributed by atoms with E-state index in [1.165, 1.54) is 12.7 Å². The van der Waals surface area contributed by atoms with Crippen LogP contribution in [0.1, 0.15) is 5.56 Å². The Hall–Kier alpha value is -1.12. The van der Waals surface area contributed by atoms with E-state index >= 15 is 0 Å². The first-order chi connectivity index (χ1) is 7.61. The number of hydrogen-bond donors (Lipinski definition) is 1. The first-order valence-corrected chi connectivity index (χ1v) is 6.61. The summed E-state index contributed by atoms with van der Waals surface area (Å²) >= 11 is 0. The third-order valence-corrected chi connectivity index (χ3v) is 3.03. The molecule has 0 amide bonds. The second kappa shape index (κ2) is 6.46. The summed E-state index contributed by atoms with van der Waals surface area (Å²) in [6.45, 7) is 4.09. The SMILES string of the molecule is COC(=O)CNP(C)Oc1ccc(C)cc1. The van der Waals surface area contributed by atoms with Crippen molar-refractivity contribution in [3.05, 3.63) is 29.8 Å². The Morgan fingerprint density at radius 3 is 2.56 bits per heavy atom. The van der Waals surface area contributed by atoms with Crippen molar-refractivity contribution in [2.45, 2.75) is 6.92 Å². The van der Waals surface area contributed by atoms with Crippen LogP contribution in [0.4, 0.5) is 0 Å². The first kappa shape index (κ1) is 12.9. The summed E-state index contributed by atoms with van der Waals surface area (Å²) in [7, 11) is 0.508. The van der Waals surface area contributed by atoms with Gasteiger partial charge >= 0.3 is 5.97 Å². The van der Waals surface area contributed by atoms with Crippen molar-refractivity contribution < 1.29 is 14.1 Å². The van der Waals surface area contributed by atoms with Gasteiger partial charge in [-0.1, -0.05) is 17.7 Å².